The Morgan fingerprint density at radius 1 is 1.04 bits per heavy atom. The van der Waals surface area contributed by atoms with Crippen LogP contribution in [0.1, 0.15) is 16.7 Å². The van der Waals surface area contributed by atoms with E-state index in [1.165, 1.54) is 18.2 Å². The summed E-state index contributed by atoms with van der Waals surface area (Å²) in [7, 11) is 0. The van der Waals surface area contributed by atoms with Crippen molar-refractivity contribution in [3.8, 4) is 0 Å². The first-order valence-electron chi connectivity index (χ1n) is 8.29. The summed E-state index contributed by atoms with van der Waals surface area (Å²) in [6.07, 6.45) is 1.68. The van der Waals surface area contributed by atoms with Gasteiger partial charge in [0.2, 0.25) is 5.90 Å². The lowest BCUT2D eigenvalue weighted by molar-refractivity contribution is -0.384. The maximum Gasteiger partial charge on any atom is 0.363 e. The van der Waals surface area contributed by atoms with Gasteiger partial charge >= 0.3 is 5.97 Å². The summed E-state index contributed by atoms with van der Waals surface area (Å²) in [5.74, 6) is -0.521. The van der Waals surface area contributed by atoms with Gasteiger partial charge in [0, 0.05) is 17.7 Å². The van der Waals surface area contributed by atoms with Gasteiger partial charge in [-0.1, -0.05) is 42.5 Å². The Kier molecular flexibility index (Phi) is 4.01. The molecule has 1 aliphatic heterocycles. The van der Waals surface area contributed by atoms with Crippen molar-refractivity contribution < 1.29 is 14.5 Å². The van der Waals surface area contributed by atoms with Gasteiger partial charge in [0.15, 0.2) is 5.70 Å². The van der Waals surface area contributed by atoms with Crippen molar-refractivity contribution in [2.24, 2.45) is 4.99 Å². The van der Waals surface area contributed by atoms with Gasteiger partial charge in [-0.3, -0.25) is 10.1 Å². The van der Waals surface area contributed by atoms with Crippen LogP contribution in [0.4, 0.5) is 5.69 Å². The summed E-state index contributed by atoms with van der Waals surface area (Å²) in [5.41, 5.74) is 2.45. The number of hydrogen-bond acceptors (Lipinski definition) is 5. The largest absolute Gasteiger partial charge is 0.402 e. The van der Waals surface area contributed by atoms with Gasteiger partial charge in [-0.15, -0.1) is 0 Å². The molecule has 6 heteroatoms. The van der Waals surface area contributed by atoms with Crippen molar-refractivity contribution in [3.05, 3.63) is 93.2 Å². The molecule has 0 amide bonds. The van der Waals surface area contributed by atoms with Crippen LogP contribution in [0.15, 0.2) is 71.4 Å². The number of benzene rings is 3. The van der Waals surface area contributed by atoms with Gasteiger partial charge in [-0.25, -0.2) is 9.79 Å². The number of nitro benzene ring substituents is 1. The van der Waals surface area contributed by atoms with Crippen molar-refractivity contribution in [3.63, 3.8) is 0 Å². The summed E-state index contributed by atoms with van der Waals surface area (Å²) >= 11 is 0. The maximum absolute atomic E-state index is 12.2. The zero-order valence-electron chi connectivity index (χ0n) is 14.4. The minimum Gasteiger partial charge on any atom is -0.402 e. The molecule has 4 rings (SSSR count). The molecule has 0 aromatic heterocycles. The molecule has 3 aromatic carbocycles. The smallest absolute Gasteiger partial charge is 0.363 e. The predicted octanol–water partition coefficient (Wildman–Crippen LogP) is 4.40. The molecular weight excluding hydrogens is 344 g/mol. The number of carbonyl (C=O) groups excluding carboxylic acids is 1. The number of fused-ring (bicyclic) bond motifs is 1. The number of esters is 1. The fraction of sp³-hybridized carbons (Fsp3) is 0.0476. The molecule has 0 saturated heterocycles. The van der Waals surface area contributed by atoms with E-state index in [4.69, 9.17) is 4.74 Å². The number of carbonyl (C=O) groups is 1. The fourth-order valence-electron chi connectivity index (χ4n) is 3.03. The van der Waals surface area contributed by atoms with E-state index in [-0.39, 0.29) is 17.3 Å². The minimum atomic E-state index is -0.582. The highest BCUT2D eigenvalue weighted by molar-refractivity contribution is 6.13. The first-order valence-corrected chi connectivity index (χ1v) is 8.29. The number of nitrogens with zero attached hydrogens (tertiary/aromatic N) is 2. The zero-order valence-corrected chi connectivity index (χ0v) is 14.4. The Labute approximate surface area is 154 Å². The monoisotopic (exact) mass is 358 g/mol. The van der Waals surface area contributed by atoms with E-state index in [0.29, 0.717) is 5.56 Å². The summed E-state index contributed by atoms with van der Waals surface area (Å²) in [5, 5.41) is 13.0. The highest BCUT2D eigenvalue weighted by Gasteiger charge is 2.25. The van der Waals surface area contributed by atoms with E-state index >= 15 is 0 Å². The number of non-ortho nitro benzene ring substituents is 1. The topological polar surface area (TPSA) is 81.8 Å². The molecule has 1 aliphatic rings. The molecule has 0 N–H and O–H groups in total. The van der Waals surface area contributed by atoms with Crippen LogP contribution in [0, 0.1) is 17.0 Å². The Bertz CT molecular complexity index is 1160. The van der Waals surface area contributed by atoms with Crippen LogP contribution in [0.2, 0.25) is 0 Å². The molecule has 132 valence electrons. The highest BCUT2D eigenvalue weighted by Crippen LogP contribution is 2.27. The summed E-state index contributed by atoms with van der Waals surface area (Å²) in [6, 6.07) is 17.7. The highest BCUT2D eigenvalue weighted by atomic mass is 16.6. The SMILES string of the molecule is Cc1ccc(/C=C2\N=C(c3cccc([N+](=O)[O-])c3)OC2=O)c2ccccc12. The zero-order chi connectivity index (χ0) is 19.0. The second-order valence-corrected chi connectivity index (χ2v) is 6.16. The fourth-order valence-corrected chi connectivity index (χ4v) is 3.03. The van der Waals surface area contributed by atoms with Crippen LogP contribution < -0.4 is 0 Å². The van der Waals surface area contributed by atoms with E-state index in [1.54, 1.807) is 12.1 Å². The van der Waals surface area contributed by atoms with Crippen molar-refractivity contribution in [1.82, 2.24) is 0 Å². The molecule has 0 spiro atoms. The average Bonchev–Trinajstić information content (AvgIpc) is 3.05. The van der Waals surface area contributed by atoms with Gasteiger partial charge in [0.1, 0.15) is 0 Å². The Morgan fingerprint density at radius 2 is 1.81 bits per heavy atom. The van der Waals surface area contributed by atoms with E-state index in [9.17, 15) is 14.9 Å². The van der Waals surface area contributed by atoms with Crippen molar-refractivity contribution >= 4 is 34.4 Å². The first kappa shape index (κ1) is 16.7. The molecule has 6 nitrogen and oxygen atoms in total. The number of cyclic esters (lactones) is 1. The third kappa shape index (κ3) is 3.08. The second-order valence-electron chi connectivity index (χ2n) is 6.16. The van der Waals surface area contributed by atoms with Crippen molar-refractivity contribution in [2.45, 2.75) is 6.92 Å². The van der Waals surface area contributed by atoms with Gasteiger partial charge < -0.3 is 4.74 Å². The summed E-state index contributed by atoms with van der Waals surface area (Å²) < 4.78 is 5.22. The number of ether oxygens (including phenoxy) is 1. The van der Waals surface area contributed by atoms with Crippen LogP contribution >= 0.6 is 0 Å². The summed E-state index contributed by atoms with van der Waals surface area (Å²) in [4.78, 5) is 26.9. The molecule has 1 heterocycles. The predicted molar refractivity (Wildman–Crippen MR) is 102 cm³/mol. The molecule has 3 aromatic rings. The maximum atomic E-state index is 12.2. The number of aliphatic imine (C=N–C) groups is 1. The number of rotatable bonds is 3. The molecular formula is C21H14N2O4. The molecule has 0 fully saturated rings. The standard InChI is InChI=1S/C21H14N2O4/c1-13-9-10-14(18-8-3-2-7-17(13)18)12-19-21(24)27-20(22-19)15-5-4-6-16(11-15)23(25)26/h2-12H,1H3/b19-12-. The minimum absolute atomic E-state index is 0.0615. The van der Waals surface area contributed by atoms with Gasteiger partial charge in [0.05, 0.1) is 4.92 Å². The van der Waals surface area contributed by atoms with E-state index in [0.717, 1.165) is 21.9 Å². The van der Waals surface area contributed by atoms with Crippen LogP contribution in [0.5, 0.6) is 0 Å². The third-order valence-electron chi connectivity index (χ3n) is 4.39. The quantitative estimate of drug-likeness (QED) is 0.301. The van der Waals surface area contributed by atoms with E-state index < -0.39 is 10.9 Å². The lowest BCUT2D eigenvalue weighted by atomic mass is 10.00. The van der Waals surface area contributed by atoms with Crippen LogP contribution in [0.25, 0.3) is 16.8 Å². The molecule has 0 unspecified atom stereocenters. The van der Waals surface area contributed by atoms with Gasteiger partial charge in [-0.2, -0.15) is 0 Å². The van der Waals surface area contributed by atoms with Gasteiger partial charge in [-0.05, 0) is 41.0 Å². The molecule has 27 heavy (non-hydrogen) atoms. The Hall–Kier alpha value is -3.80. The lowest BCUT2D eigenvalue weighted by Gasteiger charge is -2.05. The number of aryl methyl sites for hydroxylation is 1. The molecule has 0 aliphatic carbocycles. The first-order chi connectivity index (χ1) is 13.0. The van der Waals surface area contributed by atoms with Crippen LogP contribution in [-0.2, 0) is 9.53 Å². The Balaban J connectivity index is 1.77. The molecule has 0 atom stereocenters. The van der Waals surface area contributed by atoms with E-state index in [2.05, 4.69) is 4.99 Å². The van der Waals surface area contributed by atoms with E-state index in [1.807, 2.05) is 43.3 Å². The van der Waals surface area contributed by atoms with Gasteiger partial charge in [0.25, 0.3) is 5.69 Å². The number of nitro groups is 1. The molecule has 0 radical (unpaired) electrons. The second kappa shape index (κ2) is 6.49. The summed E-state index contributed by atoms with van der Waals surface area (Å²) in [6.45, 7) is 2.03. The van der Waals surface area contributed by atoms with Crippen LogP contribution in [-0.4, -0.2) is 16.8 Å². The Morgan fingerprint density at radius 3 is 2.59 bits per heavy atom. The number of hydrogen-bond donors (Lipinski definition) is 0. The molecule has 0 saturated carbocycles. The lowest BCUT2D eigenvalue weighted by Crippen LogP contribution is -2.05. The van der Waals surface area contributed by atoms with Crippen molar-refractivity contribution in [2.75, 3.05) is 0 Å². The normalized spacial score (nSPS) is 15.1. The average molecular weight is 358 g/mol. The third-order valence-corrected chi connectivity index (χ3v) is 4.39. The van der Waals surface area contributed by atoms with Crippen LogP contribution in [0.3, 0.4) is 0 Å². The van der Waals surface area contributed by atoms with Crippen molar-refractivity contribution in [1.29, 1.82) is 0 Å². The molecule has 0 bridgehead atoms.